The number of hydrogen-bond donors (Lipinski definition) is 2. The molecule has 2 aliphatic rings. The second-order valence-corrected chi connectivity index (χ2v) is 4.67. The molecule has 0 amide bonds. The van der Waals surface area contributed by atoms with Gasteiger partial charge in [0, 0.05) is 18.1 Å². The lowest BCUT2D eigenvalue weighted by Crippen LogP contribution is -2.56. The number of nitrogens with one attached hydrogen (secondary N) is 1. The van der Waals surface area contributed by atoms with E-state index in [4.69, 9.17) is 0 Å². The third-order valence-electron chi connectivity index (χ3n) is 3.95. The normalized spacial score (nSPS) is 40.8. The van der Waals surface area contributed by atoms with Gasteiger partial charge in [0.2, 0.25) is 0 Å². The topological polar surface area (TPSA) is 32.3 Å². The molecule has 2 heteroatoms. The van der Waals surface area contributed by atoms with Gasteiger partial charge in [-0.25, -0.2) is 0 Å². The molecule has 2 N–H and O–H groups in total. The molecule has 2 atom stereocenters. The fourth-order valence-corrected chi connectivity index (χ4v) is 3.13. The van der Waals surface area contributed by atoms with E-state index in [2.05, 4.69) is 5.32 Å². The highest BCUT2D eigenvalue weighted by molar-refractivity contribution is 4.98. The van der Waals surface area contributed by atoms with Crippen molar-refractivity contribution < 1.29 is 5.11 Å². The van der Waals surface area contributed by atoms with Crippen molar-refractivity contribution in [2.45, 2.75) is 50.5 Å². The van der Waals surface area contributed by atoms with Gasteiger partial charge in [-0.2, -0.15) is 0 Å². The third kappa shape index (κ3) is 1.75. The van der Waals surface area contributed by atoms with Crippen LogP contribution in [0.3, 0.4) is 0 Å². The zero-order chi connectivity index (χ0) is 9.15. The van der Waals surface area contributed by atoms with Crippen LogP contribution in [0, 0.1) is 5.92 Å². The number of aliphatic hydroxyl groups is 1. The molecule has 1 spiro atoms. The summed E-state index contributed by atoms with van der Waals surface area (Å²) in [6.45, 7) is 1.55. The first kappa shape index (κ1) is 9.47. The van der Waals surface area contributed by atoms with Crippen LogP contribution in [0.1, 0.15) is 44.9 Å². The summed E-state index contributed by atoms with van der Waals surface area (Å²) in [6.07, 6.45) is 9.14. The molecule has 2 nitrogen and oxygen atoms in total. The lowest BCUT2D eigenvalue weighted by atomic mass is 9.69. The van der Waals surface area contributed by atoms with Gasteiger partial charge >= 0.3 is 0 Å². The molecule has 2 fully saturated rings. The van der Waals surface area contributed by atoms with Crippen LogP contribution in [0.25, 0.3) is 0 Å². The van der Waals surface area contributed by atoms with E-state index in [1.54, 1.807) is 0 Å². The fourth-order valence-electron chi connectivity index (χ4n) is 3.13. The van der Waals surface area contributed by atoms with Crippen LogP contribution in [-0.4, -0.2) is 23.8 Å². The van der Waals surface area contributed by atoms with Crippen molar-refractivity contribution in [2.24, 2.45) is 5.92 Å². The molecule has 1 aliphatic heterocycles. The molecule has 2 rings (SSSR count). The predicted octanol–water partition coefficient (Wildman–Crippen LogP) is 1.68. The molecule has 0 unspecified atom stereocenters. The lowest BCUT2D eigenvalue weighted by molar-refractivity contribution is 0.0599. The Kier molecular flexibility index (Phi) is 2.89. The Bertz CT molecular complexity index is 155. The Labute approximate surface area is 80.7 Å². The van der Waals surface area contributed by atoms with Crippen molar-refractivity contribution in [1.82, 2.24) is 5.32 Å². The molecule has 0 radical (unpaired) electrons. The molecule has 1 saturated carbocycles. The Morgan fingerprint density at radius 1 is 1.15 bits per heavy atom. The molecule has 1 saturated heterocycles. The standard InChI is InChI=1S/C11H21NO/c13-9-10-5-1-2-6-11(10)7-3-4-8-12-11/h10,12-13H,1-9H2/t10-,11+/m0/s1. The summed E-state index contributed by atoms with van der Waals surface area (Å²) in [5.74, 6) is 0.529. The summed E-state index contributed by atoms with van der Waals surface area (Å²) >= 11 is 0. The summed E-state index contributed by atoms with van der Waals surface area (Å²) in [7, 11) is 0. The van der Waals surface area contributed by atoms with E-state index in [0.29, 0.717) is 18.1 Å². The van der Waals surface area contributed by atoms with Gasteiger partial charge in [-0.05, 0) is 32.2 Å². The summed E-state index contributed by atoms with van der Waals surface area (Å²) in [4.78, 5) is 0. The highest BCUT2D eigenvalue weighted by Crippen LogP contribution is 2.38. The van der Waals surface area contributed by atoms with Gasteiger partial charge in [0.05, 0.1) is 0 Å². The van der Waals surface area contributed by atoms with Crippen LogP contribution in [0.5, 0.6) is 0 Å². The van der Waals surface area contributed by atoms with E-state index in [1.807, 2.05) is 0 Å². The van der Waals surface area contributed by atoms with Crippen LogP contribution >= 0.6 is 0 Å². The average Bonchev–Trinajstić information content (AvgIpc) is 2.20. The first-order chi connectivity index (χ1) is 6.37. The second-order valence-electron chi connectivity index (χ2n) is 4.67. The molecule has 1 aliphatic carbocycles. The second kappa shape index (κ2) is 3.97. The van der Waals surface area contributed by atoms with E-state index in [0.717, 1.165) is 6.54 Å². The zero-order valence-electron chi connectivity index (χ0n) is 8.39. The summed E-state index contributed by atoms with van der Waals surface area (Å²) < 4.78 is 0. The maximum absolute atomic E-state index is 9.37. The van der Waals surface area contributed by atoms with Crippen LogP contribution in [0.4, 0.5) is 0 Å². The molecule has 76 valence electrons. The van der Waals surface area contributed by atoms with Crippen LogP contribution in [-0.2, 0) is 0 Å². The van der Waals surface area contributed by atoms with Crippen LogP contribution in [0.2, 0.25) is 0 Å². The Morgan fingerprint density at radius 3 is 2.62 bits per heavy atom. The van der Waals surface area contributed by atoms with Crippen molar-refractivity contribution in [3.05, 3.63) is 0 Å². The average molecular weight is 183 g/mol. The Balaban J connectivity index is 2.06. The lowest BCUT2D eigenvalue weighted by Gasteiger charge is -2.47. The smallest absolute Gasteiger partial charge is 0.0476 e. The first-order valence-electron chi connectivity index (χ1n) is 5.73. The van der Waals surface area contributed by atoms with E-state index < -0.39 is 0 Å². The minimum absolute atomic E-state index is 0.325. The first-order valence-corrected chi connectivity index (χ1v) is 5.73. The number of rotatable bonds is 1. The molecule has 0 aromatic heterocycles. The summed E-state index contributed by atoms with van der Waals surface area (Å²) in [5, 5.41) is 13.0. The van der Waals surface area contributed by atoms with E-state index in [9.17, 15) is 5.11 Å². The largest absolute Gasteiger partial charge is 0.396 e. The molecule has 0 bridgehead atoms. The Hall–Kier alpha value is -0.0800. The van der Waals surface area contributed by atoms with Gasteiger partial charge in [-0.1, -0.05) is 19.3 Å². The maximum atomic E-state index is 9.37. The predicted molar refractivity (Wildman–Crippen MR) is 53.6 cm³/mol. The van der Waals surface area contributed by atoms with Gasteiger partial charge in [0.1, 0.15) is 0 Å². The number of aliphatic hydroxyl groups excluding tert-OH is 1. The molecule has 1 heterocycles. The number of hydrogen-bond acceptors (Lipinski definition) is 2. The van der Waals surface area contributed by atoms with E-state index in [-0.39, 0.29) is 0 Å². The third-order valence-corrected chi connectivity index (χ3v) is 3.95. The SMILES string of the molecule is OC[C@@H]1CCCC[C@@]12CCCCN2. The summed E-state index contributed by atoms with van der Waals surface area (Å²) in [5.41, 5.74) is 0.325. The van der Waals surface area contributed by atoms with Crippen LogP contribution in [0.15, 0.2) is 0 Å². The molecular weight excluding hydrogens is 162 g/mol. The summed E-state index contributed by atoms with van der Waals surface area (Å²) in [6, 6.07) is 0. The van der Waals surface area contributed by atoms with Gasteiger partial charge < -0.3 is 10.4 Å². The van der Waals surface area contributed by atoms with Crippen molar-refractivity contribution in [2.75, 3.05) is 13.2 Å². The van der Waals surface area contributed by atoms with Gasteiger partial charge in [-0.3, -0.25) is 0 Å². The minimum atomic E-state index is 0.325. The molecular formula is C11H21NO. The maximum Gasteiger partial charge on any atom is 0.0476 e. The van der Waals surface area contributed by atoms with Gasteiger partial charge in [0.25, 0.3) is 0 Å². The molecule has 0 aromatic carbocycles. The van der Waals surface area contributed by atoms with Crippen LogP contribution < -0.4 is 5.32 Å². The fraction of sp³-hybridized carbons (Fsp3) is 1.00. The van der Waals surface area contributed by atoms with E-state index in [1.165, 1.54) is 44.9 Å². The van der Waals surface area contributed by atoms with Crippen molar-refractivity contribution in [1.29, 1.82) is 0 Å². The highest BCUT2D eigenvalue weighted by atomic mass is 16.3. The zero-order valence-corrected chi connectivity index (χ0v) is 8.39. The monoisotopic (exact) mass is 183 g/mol. The van der Waals surface area contributed by atoms with E-state index >= 15 is 0 Å². The van der Waals surface area contributed by atoms with Gasteiger partial charge in [-0.15, -0.1) is 0 Å². The van der Waals surface area contributed by atoms with Gasteiger partial charge in [0.15, 0.2) is 0 Å². The Morgan fingerprint density at radius 2 is 1.92 bits per heavy atom. The van der Waals surface area contributed by atoms with Crippen molar-refractivity contribution >= 4 is 0 Å². The highest BCUT2D eigenvalue weighted by Gasteiger charge is 2.40. The van der Waals surface area contributed by atoms with Crippen molar-refractivity contribution in [3.8, 4) is 0 Å². The van der Waals surface area contributed by atoms with Crippen molar-refractivity contribution in [3.63, 3.8) is 0 Å². The quantitative estimate of drug-likeness (QED) is 0.648. The molecule has 0 aromatic rings. The minimum Gasteiger partial charge on any atom is -0.396 e. The molecule has 13 heavy (non-hydrogen) atoms. The number of piperidine rings is 1.